The first-order valence-corrected chi connectivity index (χ1v) is 7.53. The Hall–Kier alpha value is -1.70. The van der Waals surface area contributed by atoms with E-state index < -0.39 is 23.7 Å². The van der Waals surface area contributed by atoms with Crippen LogP contribution in [0.1, 0.15) is 35.6 Å². The normalized spacial score (nSPS) is 12.2. The predicted octanol–water partition coefficient (Wildman–Crippen LogP) is 1.04. The number of carbonyl (C=O) groups is 2. The molecule has 1 heterocycles. The number of aromatic nitrogens is 2. The Labute approximate surface area is 120 Å². The van der Waals surface area contributed by atoms with Crippen LogP contribution in [-0.4, -0.2) is 45.2 Å². The zero-order valence-corrected chi connectivity index (χ0v) is 12.5. The maximum Gasteiger partial charge on any atom is 0.356 e. The van der Waals surface area contributed by atoms with Gasteiger partial charge in [0.05, 0.1) is 12.3 Å². The van der Waals surface area contributed by atoms with Gasteiger partial charge < -0.3 is 9.84 Å². The Balaban J connectivity index is 3.20. The predicted molar refractivity (Wildman–Crippen MR) is 75.4 cm³/mol. The lowest BCUT2D eigenvalue weighted by Crippen LogP contribution is -2.29. The van der Waals surface area contributed by atoms with Gasteiger partial charge in [-0.25, -0.2) is 14.4 Å². The smallest absolute Gasteiger partial charge is 0.356 e. The van der Waals surface area contributed by atoms with Gasteiger partial charge in [0, 0.05) is 0 Å². The number of ether oxygens (including phenoxy) is 1. The molecule has 0 radical (unpaired) electrons. The highest BCUT2D eigenvalue weighted by molar-refractivity contribution is 7.98. The summed E-state index contributed by atoms with van der Waals surface area (Å²) in [6.45, 7) is 3.36. The SMILES string of the molecule is CCOC(=O)c1[nH]c(=O)n([C@@H](CCSC)C(=O)O)c1C. The van der Waals surface area contributed by atoms with Crippen LogP contribution in [0.3, 0.4) is 0 Å². The van der Waals surface area contributed by atoms with E-state index in [0.717, 1.165) is 4.57 Å². The van der Waals surface area contributed by atoms with Crippen molar-refractivity contribution in [3.63, 3.8) is 0 Å². The van der Waals surface area contributed by atoms with Crippen molar-refractivity contribution in [2.24, 2.45) is 0 Å². The highest BCUT2D eigenvalue weighted by Crippen LogP contribution is 2.17. The summed E-state index contributed by atoms with van der Waals surface area (Å²) in [6, 6.07) is -0.991. The second kappa shape index (κ2) is 7.18. The summed E-state index contributed by atoms with van der Waals surface area (Å²) in [6.07, 6.45) is 2.16. The molecule has 0 saturated carbocycles. The maximum absolute atomic E-state index is 11.9. The fraction of sp³-hybridized carbons (Fsp3) is 0.583. The number of carboxylic acid groups (broad SMARTS) is 1. The minimum atomic E-state index is -1.10. The first-order valence-electron chi connectivity index (χ1n) is 6.14. The van der Waals surface area contributed by atoms with Crippen molar-refractivity contribution in [1.29, 1.82) is 0 Å². The lowest BCUT2D eigenvalue weighted by atomic mass is 10.2. The topological polar surface area (TPSA) is 101 Å². The number of carbonyl (C=O) groups excluding carboxylic acids is 1. The van der Waals surface area contributed by atoms with Gasteiger partial charge >= 0.3 is 17.6 Å². The molecule has 112 valence electrons. The minimum Gasteiger partial charge on any atom is -0.480 e. The molecule has 0 spiro atoms. The molecule has 8 heteroatoms. The second-order valence-electron chi connectivity index (χ2n) is 4.12. The van der Waals surface area contributed by atoms with E-state index in [1.54, 1.807) is 6.92 Å². The van der Waals surface area contributed by atoms with Crippen LogP contribution in [0.4, 0.5) is 0 Å². The first kappa shape index (κ1) is 16.4. The third-order valence-corrected chi connectivity index (χ3v) is 3.49. The third-order valence-electron chi connectivity index (χ3n) is 2.85. The second-order valence-corrected chi connectivity index (χ2v) is 5.10. The molecule has 20 heavy (non-hydrogen) atoms. The Kier molecular flexibility index (Phi) is 5.87. The molecule has 0 aromatic carbocycles. The fourth-order valence-corrected chi connectivity index (χ4v) is 2.36. The number of H-pyrrole nitrogens is 1. The fourth-order valence-electron chi connectivity index (χ4n) is 1.90. The Morgan fingerprint density at radius 2 is 2.15 bits per heavy atom. The van der Waals surface area contributed by atoms with Crippen LogP contribution in [0.25, 0.3) is 0 Å². The monoisotopic (exact) mass is 302 g/mol. The van der Waals surface area contributed by atoms with Gasteiger partial charge in [-0.1, -0.05) is 0 Å². The highest BCUT2D eigenvalue weighted by Gasteiger charge is 2.27. The van der Waals surface area contributed by atoms with Crippen LogP contribution in [0, 0.1) is 6.92 Å². The van der Waals surface area contributed by atoms with Crippen LogP contribution in [-0.2, 0) is 9.53 Å². The summed E-state index contributed by atoms with van der Waals surface area (Å²) < 4.78 is 5.93. The van der Waals surface area contributed by atoms with E-state index >= 15 is 0 Å². The van der Waals surface area contributed by atoms with Gasteiger partial charge in [0.2, 0.25) is 0 Å². The number of hydrogen-bond acceptors (Lipinski definition) is 5. The summed E-state index contributed by atoms with van der Waals surface area (Å²) in [7, 11) is 0. The number of esters is 1. The standard InChI is InChI=1S/C12H18N2O5S/c1-4-19-11(17)9-7(2)14(12(18)13-9)8(10(15)16)5-6-20-3/h8H,4-6H2,1-3H3,(H,13,18)(H,15,16)/t8-/m0/s1. The van der Waals surface area contributed by atoms with Crippen molar-refractivity contribution in [3.8, 4) is 0 Å². The molecule has 1 aromatic heterocycles. The molecule has 0 unspecified atom stereocenters. The molecular formula is C12H18N2O5S. The number of aromatic amines is 1. The van der Waals surface area contributed by atoms with Gasteiger partial charge in [0.15, 0.2) is 0 Å². The molecule has 2 N–H and O–H groups in total. The van der Waals surface area contributed by atoms with Crippen LogP contribution < -0.4 is 5.69 Å². The highest BCUT2D eigenvalue weighted by atomic mass is 32.2. The van der Waals surface area contributed by atoms with E-state index in [9.17, 15) is 19.5 Å². The molecule has 0 amide bonds. The number of hydrogen-bond donors (Lipinski definition) is 2. The summed E-state index contributed by atoms with van der Waals surface area (Å²) in [5, 5.41) is 9.25. The Bertz CT molecular complexity index is 549. The Morgan fingerprint density at radius 1 is 1.50 bits per heavy atom. The van der Waals surface area contributed by atoms with Crippen molar-refractivity contribution in [2.45, 2.75) is 26.3 Å². The van der Waals surface area contributed by atoms with Crippen LogP contribution >= 0.6 is 11.8 Å². The van der Waals surface area contributed by atoms with E-state index in [4.69, 9.17) is 4.74 Å². The number of aliphatic carboxylic acids is 1. The molecule has 0 aliphatic heterocycles. The molecule has 0 aliphatic carbocycles. The van der Waals surface area contributed by atoms with Crippen LogP contribution in [0.15, 0.2) is 4.79 Å². The summed E-state index contributed by atoms with van der Waals surface area (Å²) >= 11 is 1.49. The average molecular weight is 302 g/mol. The molecule has 7 nitrogen and oxygen atoms in total. The number of nitrogens with zero attached hydrogens (tertiary/aromatic N) is 1. The zero-order valence-electron chi connectivity index (χ0n) is 11.6. The molecule has 0 bridgehead atoms. The number of rotatable bonds is 7. The van der Waals surface area contributed by atoms with E-state index in [1.807, 2.05) is 6.26 Å². The van der Waals surface area contributed by atoms with Crippen molar-refractivity contribution in [1.82, 2.24) is 9.55 Å². The van der Waals surface area contributed by atoms with E-state index in [1.165, 1.54) is 18.7 Å². The first-order chi connectivity index (χ1) is 9.43. The molecule has 0 saturated heterocycles. The lowest BCUT2D eigenvalue weighted by molar-refractivity contribution is -0.141. The molecule has 1 rings (SSSR count). The molecule has 0 fully saturated rings. The lowest BCUT2D eigenvalue weighted by Gasteiger charge is -2.14. The van der Waals surface area contributed by atoms with Gasteiger partial charge in [-0.05, 0) is 32.3 Å². The van der Waals surface area contributed by atoms with Crippen LogP contribution in [0.5, 0.6) is 0 Å². The summed E-state index contributed by atoms with van der Waals surface area (Å²) in [5.41, 5.74) is -0.326. The van der Waals surface area contributed by atoms with Gasteiger partial charge in [0.1, 0.15) is 11.7 Å². The van der Waals surface area contributed by atoms with Crippen LogP contribution in [0.2, 0.25) is 0 Å². The molecule has 1 atom stereocenters. The van der Waals surface area contributed by atoms with Crippen molar-refractivity contribution in [3.05, 3.63) is 21.9 Å². The van der Waals surface area contributed by atoms with Crippen molar-refractivity contribution >= 4 is 23.7 Å². The summed E-state index contributed by atoms with van der Waals surface area (Å²) in [4.78, 5) is 37.3. The van der Waals surface area contributed by atoms with E-state index in [2.05, 4.69) is 4.98 Å². The quantitative estimate of drug-likeness (QED) is 0.730. The van der Waals surface area contributed by atoms with Gasteiger partial charge in [-0.3, -0.25) is 9.55 Å². The average Bonchev–Trinajstić information content (AvgIpc) is 2.67. The van der Waals surface area contributed by atoms with Gasteiger partial charge in [-0.2, -0.15) is 11.8 Å². The van der Waals surface area contributed by atoms with Crippen molar-refractivity contribution < 1.29 is 19.4 Å². The number of thioether (sulfide) groups is 1. The Morgan fingerprint density at radius 3 is 2.65 bits per heavy atom. The number of nitrogens with one attached hydrogen (secondary N) is 1. The zero-order chi connectivity index (χ0) is 15.3. The van der Waals surface area contributed by atoms with Gasteiger partial charge in [-0.15, -0.1) is 0 Å². The number of carboxylic acids is 1. The molecule has 1 aromatic rings. The largest absolute Gasteiger partial charge is 0.480 e. The number of imidazole rings is 1. The third kappa shape index (κ3) is 3.44. The minimum absolute atomic E-state index is 0.00671. The molecule has 0 aliphatic rings. The van der Waals surface area contributed by atoms with E-state index in [0.29, 0.717) is 12.2 Å². The summed E-state index contributed by atoms with van der Waals surface area (Å²) in [5.74, 6) is -1.16. The maximum atomic E-state index is 11.9. The van der Waals surface area contributed by atoms with Gasteiger partial charge in [0.25, 0.3) is 0 Å². The van der Waals surface area contributed by atoms with Crippen molar-refractivity contribution in [2.75, 3.05) is 18.6 Å². The van der Waals surface area contributed by atoms with E-state index in [-0.39, 0.29) is 18.0 Å². The molecular weight excluding hydrogens is 284 g/mol.